The normalized spacial score (nSPS) is 19.6. The summed E-state index contributed by atoms with van der Waals surface area (Å²) in [4.78, 5) is 27.5. The number of ether oxygens (including phenoxy) is 2. The molecule has 0 N–H and O–H groups in total. The second-order valence-corrected chi connectivity index (χ2v) is 7.43. The van der Waals surface area contributed by atoms with E-state index in [0.29, 0.717) is 13.0 Å². The predicted octanol–water partition coefficient (Wildman–Crippen LogP) is 3.38. The van der Waals surface area contributed by atoms with Gasteiger partial charge in [0.2, 0.25) is 0 Å². The third kappa shape index (κ3) is 5.58. The zero-order valence-corrected chi connectivity index (χ0v) is 14.5. The van der Waals surface area contributed by atoms with E-state index in [4.69, 9.17) is 9.47 Å². The topological polar surface area (TPSA) is 59.1 Å². The molecule has 0 aromatic rings. The van der Waals surface area contributed by atoms with Gasteiger partial charge in [-0.05, 0) is 48.0 Å². The molecule has 0 radical (unpaired) electrons. The first-order valence-corrected chi connectivity index (χ1v) is 7.53. The van der Waals surface area contributed by atoms with Crippen LogP contribution >= 0.6 is 0 Å². The first-order chi connectivity index (χ1) is 9.93. The van der Waals surface area contributed by atoms with Crippen molar-refractivity contribution in [2.45, 2.75) is 65.2 Å². The number of carbonyl (C=O) groups is 2. The number of hydrogen-bond donors (Lipinski definition) is 0. The Morgan fingerprint density at radius 1 is 1.05 bits per heavy atom. The van der Waals surface area contributed by atoms with E-state index < -0.39 is 23.4 Å². The Balaban J connectivity index is 2.79. The maximum atomic E-state index is 12.3. The van der Waals surface area contributed by atoms with Crippen molar-refractivity contribution in [3.8, 4) is 0 Å². The molecule has 1 atom stereocenters. The van der Waals surface area contributed by atoms with Crippen LogP contribution in [0.5, 0.6) is 0 Å². The van der Waals surface area contributed by atoms with Crippen molar-refractivity contribution in [3.63, 3.8) is 0 Å². The molecular weight excluding hydrogens is 284 g/mol. The third-order valence-electron chi connectivity index (χ3n) is 2.97. The standard InChI is InChI=1S/C16H28N2O4/c1-8-12-9-10-17(13(19)21-15(2,3)4)11-18(12)14(20)22-16(5,6)7/h8,12H,1,9-11H2,2-7H3/t12-/m1/s1. The van der Waals surface area contributed by atoms with E-state index in [1.807, 2.05) is 41.5 Å². The fourth-order valence-electron chi connectivity index (χ4n) is 2.04. The predicted molar refractivity (Wildman–Crippen MR) is 84.5 cm³/mol. The molecule has 2 amide bonds. The second-order valence-electron chi connectivity index (χ2n) is 7.43. The van der Waals surface area contributed by atoms with Gasteiger partial charge in [-0.15, -0.1) is 6.58 Å². The van der Waals surface area contributed by atoms with Gasteiger partial charge in [-0.2, -0.15) is 0 Å². The summed E-state index contributed by atoms with van der Waals surface area (Å²) in [7, 11) is 0. The van der Waals surface area contributed by atoms with Crippen LogP contribution in [0, 0.1) is 0 Å². The molecule has 0 aliphatic carbocycles. The minimum atomic E-state index is -0.586. The van der Waals surface area contributed by atoms with Crippen LogP contribution < -0.4 is 0 Å². The maximum Gasteiger partial charge on any atom is 0.412 e. The number of rotatable bonds is 1. The Kier molecular flexibility index (Phi) is 5.49. The second kappa shape index (κ2) is 6.58. The van der Waals surface area contributed by atoms with Crippen molar-refractivity contribution < 1.29 is 19.1 Å². The summed E-state index contributed by atoms with van der Waals surface area (Å²) in [6, 6.07) is -0.145. The average molecular weight is 312 g/mol. The zero-order chi connectivity index (χ0) is 17.1. The van der Waals surface area contributed by atoms with Crippen LogP contribution in [0.4, 0.5) is 9.59 Å². The molecule has 1 aliphatic rings. The highest BCUT2D eigenvalue weighted by molar-refractivity contribution is 5.72. The molecule has 6 nitrogen and oxygen atoms in total. The monoisotopic (exact) mass is 312 g/mol. The fourth-order valence-corrected chi connectivity index (χ4v) is 2.04. The number of hydrogen-bond acceptors (Lipinski definition) is 4. The Morgan fingerprint density at radius 2 is 1.55 bits per heavy atom. The molecule has 1 aliphatic heterocycles. The summed E-state index contributed by atoms with van der Waals surface area (Å²) in [6.45, 7) is 15.3. The molecule has 1 rings (SSSR count). The fraction of sp³-hybridized carbons (Fsp3) is 0.750. The lowest BCUT2D eigenvalue weighted by atomic mass is 10.1. The lowest BCUT2D eigenvalue weighted by Gasteiger charge is -2.40. The van der Waals surface area contributed by atoms with Crippen LogP contribution in [0.25, 0.3) is 0 Å². The van der Waals surface area contributed by atoms with Gasteiger partial charge in [-0.25, -0.2) is 9.59 Å². The number of carbonyl (C=O) groups excluding carboxylic acids is 2. The van der Waals surface area contributed by atoms with Crippen molar-refractivity contribution >= 4 is 12.2 Å². The summed E-state index contributed by atoms with van der Waals surface area (Å²) >= 11 is 0. The highest BCUT2D eigenvalue weighted by Gasteiger charge is 2.35. The molecule has 1 heterocycles. The first-order valence-electron chi connectivity index (χ1n) is 7.53. The lowest BCUT2D eigenvalue weighted by molar-refractivity contribution is -0.0209. The van der Waals surface area contributed by atoms with Gasteiger partial charge in [0.15, 0.2) is 0 Å². The van der Waals surface area contributed by atoms with Gasteiger partial charge in [0.05, 0.1) is 6.04 Å². The number of amides is 2. The molecule has 0 bridgehead atoms. The molecule has 1 saturated heterocycles. The Morgan fingerprint density at radius 3 is 2.00 bits per heavy atom. The van der Waals surface area contributed by atoms with Crippen LogP contribution in [0.15, 0.2) is 12.7 Å². The van der Waals surface area contributed by atoms with E-state index in [2.05, 4.69) is 6.58 Å². The van der Waals surface area contributed by atoms with E-state index in [9.17, 15) is 9.59 Å². The van der Waals surface area contributed by atoms with Crippen molar-refractivity contribution in [1.29, 1.82) is 0 Å². The van der Waals surface area contributed by atoms with Gasteiger partial charge in [-0.3, -0.25) is 9.80 Å². The van der Waals surface area contributed by atoms with E-state index in [-0.39, 0.29) is 12.7 Å². The van der Waals surface area contributed by atoms with Crippen molar-refractivity contribution in [1.82, 2.24) is 9.80 Å². The zero-order valence-electron chi connectivity index (χ0n) is 14.5. The van der Waals surface area contributed by atoms with E-state index in [0.717, 1.165) is 0 Å². The quantitative estimate of drug-likeness (QED) is 0.696. The van der Waals surface area contributed by atoms with Gasteiger partial charge in [-0.1, -0.05) is 6.08 Å². The van der Waals surface area contributed by atoms with Gasteiger partial charge >= 0.3 is 12.2 Å². The molecule has 0 saturated carbocycles. The molecule has 1 fully saturated rings. The van der Waals surface area contributed by atoms with E-state index in [1.165, 1.54) is 9.80 Å². The average Bonchev–Trinajstić information content (AvgIpc) is 2.33. The Labute approximate surface area is 133 Å². The third-order valence-corrected chi connectivity index (χ3v) is 2.97. The molecule has 0 aromatic carbocycles. The molecule has 126 valence electrons. The highest BCUT2D eigenvalue weighted by Crippen LogP contribution is 2.20. The Hall–Kier alpha value is -1.72. The van der Waals surface area contributed by atoms with Crippen LogP contribution in [0.2, 0.25) is 0 Å². The van der Waals surface area contributed by atoms with E-state index in [1.54, 1.807) is 6.08 Å². The van der Waals surface area contributed by atoms with Crippen LogP contribution in [-0.4, -0.2) is 52.4 Å². The van der Waals surface area contributed by atoms with Crippen molar-refractivity contribution in [2.75, 3.05) is 13.2 Å². The molecule has 0 spiro atoms. The smallest absolute Gasteiger partial charge is 0.412 e. The molecule has 6 heteroatoms. The van der Waals surface area contributed by atoms with Crippen molar-refractivity contribution in [3.05, 3.63) is 12.7 Å². The maximum absolute atomic E-state index is 12.3. The minimum absolute atomic E-state index is 0.139. The summed E-state index contributed by atoms with van der Waals surface area (Å²) < 4.78 is 10.8. The van der Waals surface area contributed by atoms with Gasteiger partial charge in [0.1, 0.15) is 17.9 Å². The minimum Gasteiger partial charge on any atom is -0.444 e. The summed E-state index contributed by atoms with van der Waals surface area (Å²) in [5.74, 6) is 0. The SMILES string of the molecule is C=C[C@@H]1CCN(C(=O)OC(C)(C)C)CN1C(=O)OC(C)(C)C. The summed E-state index contributed by atoms with van der Waals surface area (Å²) in [5, 5.41) is 0. The highest BCUT2D eigenvalue weighted by atomic mass is 16.6. The summed E-state index contributed by atoms with van der Waals surface area (Å²) in [5.41, 5.74) is -1.15. The van der Waals surface area contributed by atoms with Crippen LogP contribution in [0.1, 0.15) is 48.0 Å². The summed E-state index contributed by atoms with van der Waals surface area (Å²) in [6.07, 6.45) is 1.44. The first kappa shape index (κ1) is 18.3. The number of nitrogens with zero attached hydrogens (tertiary/aromatic N) is 2. The van der Waals surface area contributed by atoms with Gasteiger partial charge < -0.3 is 9.47 Å². The molecule has 0 aromatic heterocycles. The Bertz CT molecular complexity index is 434. The van der Waals surface area contributed by atoms with E-state index >= 15 is 0 Å². The molecule has 22 heavy (non-hydrogen) atoms. The van der Waals surface area contributed by atoms with Crippen molar-refractivity contribution in [2.24, 2.45) is 0 Å². The largest absolute Gasteiger partial charge is 0.444 e. The lowest BCUT2D eigenvalue weighted by Crippen LogP contribution is -2.55. The van der Waals surface area contributed by atoms with Crippen LogP contribution in [0.3, 0.4) is 0 Å². The van der Waals surface area contributed by atoms with Gasteiger partial charge in [0, 0.05) is 6.54 Å². The van der Waals surface area contributed by atoms with Gasteiger partial charge in [0.25, 0.3) is 0 Å². The van der Waals surface area contributed by atoms with Crippen LogP contribution in [-0.2, 0) is 9.47 Å². The molecular formula is C16H28N2O4. The molecule has 0 unspecified atom stereocenters.